The van der Waals surface area contributed by atoms with Gasteiger partial charge in [0.25, 0.3) is 5.91 Å². The van der Waals surface area contributed by atoms with E-state index in [0.717, 1.165) is 18.5 Å². The predicted octanol–water partition coefficient (Wildman–Crippen LogP) is 3.69. The van der Waals surface area contributed by atoms with Gasteiger partial charge in [0.2, 0.25) is 0 Å². The Morgan fingerprint density at radius 1 is 1.45 bits per heavy atom. The molecular formula is C15H18ClN3O. The van der Waals surface area contributed by atoms with Gasteiger partial charge in [-0.2, -0.15) is 0 Å². The number of carbonyl (C=O) groups is 1. The smallest absolute Gasteiger partial charge is 0.272 e. The highest BCUT2D eigenvalue weighted by Gasteiger charge is 2.14. The van der Waals surface area contributed by atoms with Crippen LogP contribution in [-0.2, 0) is 6.54 Å². The molecule has 2 rings (SSSR count). The molecule has 0 unspecified atom stereocenters. The Morgan fingerprint density at radius 2 is 2.20 bits per heavy atom. The van der Waals surface area contributed by atoms with Crippen LogP contribution in [0.5, 0.6) is 0 Å². The lowest BCUT2D eigenvalue weighted by molar-refractivity contribution is 0.101. The van der Waals surface area contributed by atoms with Gasteiger partial charge in [0.1, 0.15) is 5.69 Å². The van der Waals surface area contributed by atoms with Crippen LogP contribution in [0.1, 0.15) is 29.4 Å². The zero-order valence-corrected chi connectivity index (χ0v) is 12.4. The quantitative estimate of drug-likeness (QED) is 0.902. The lowest BCUT2D eigenvalue weighted by atomic mass is 10.2. The summed E-state index contributed by atoms with van der Waals surface area (Å²) in [5, 5.41) is 3.51. The summed E-state index contributed by atoms with van der Waals surface area (Å²) in [7, 11) is 0. The Kier molecular flexibility index (Phi) is 4.35. The van der Waals surface area contributed by atoms with Crippen LogP contribution in [0.4, 0.5) is 11.4 Å². The molecule has 5 heteroatoms. The molecule has 1 aromatic heterocycles. The van der Waals surface area contributed by atoms with Crippen LogP contribution in [-0.4, -0.2) is 10.5 Å². The number of nitrogens with zero attached hydrogens (tertiary/aromatic N) is 1. The SMILES string of the molecule is CCCn1cc(N)cc1C(=O)Nc1cccc(Cl)c1C. The third-order valence-electron chi connectivity index (χ3n) is 3.13. The van der Waals surface area contributed by atoms with E-state index in [1.54, 1.807) is 18.3 Å². The van der Waals surface area contributed by atoms with Gasteiger partial charge in [-0.3, -0.25) is 4.79 Å². The first kappa shape index (κ1) is 14.5. The van der Waals surface area contributed by atoms with Crippen LogP contribution >= 0.6 is 11.6 Å². The van der Waals surface area contributed by atoms with Gasteiger partial charge in [-0.05, 0) is 37.1 Å². The molecule has 20 heavy (non-hydrogen) atoms. The molecular weight excluding hydrogens is 274 g/mol. The average Bonchev–Trinajstić information content (AvgIpc) is 2.76. The first-order valence-corrected chi connectivity index (χ1v) is 6.92. The summed E-state index contributed by atoms with van der Waals surface area (Å²) >= 11 is 6.05. The third-order valence-corrected chi connectivity index (χ3v) is 3.54. The molecule has 0 radical (unpaired) electrons. The molecule has 0 aliphatic carbocycles. The van der Waals surface area contributed by atoms with Gasteiger partial charge in [0.05, 0.1) is 5.69 Å². The standard InChI is InChI=1S/C15H18ClN3O/c1-3-7-19-9-11(17)8-14(19)15(20)18-13-6-4-5-12(16)10(13)2/h4-6,8-9H,3,7,17H2,1-2H3,(H,18,20). The highest BCUT2D eigenvalue weighted by molar-refractivity contribution is 6.31. The van der Waals surface area contributed by atoms with Crippen molar-refractivity contribution >= 4 is 28.9 Å². The molecule has 0 saturated heterocycles. The molecule has 4 nitrogen and oxygen atoms in total. The maximum atomic E-state index is 12.4. The minimum atomic E-state index is -0.180. The molecule has 1 amide bonds. The van der Waals surface area contributed by atoms with Crippen LogP contribution < -0.4 is 11.1 Å². The number of nitrogens with one attached hydrogen (secondary N) is 1. The highest BCUT2D eigenvalue weighted by atomic mass is 35.5. The van der Waals surface area contributed by atoms with Crippen molar-refractivity contribution in [2.75, 3.05) is 11.1 Å². The molecule has 0 fully saturated rings. The maximum absolute atomic E-state index is 12.4. The minimum absolute atomic E-state index is 0.180. The number of hydrogen-bond donors (Lipinski definition) is 2. The fourth-order valence-electron chi connectivity index (χ4n) is 2.08. The monoisotopic (exact) mass is 291 g/mol. The number of rotatable bonds is 4. The van der Waals surface area contributed by atoms with E-state index in [1.807, 2.05) is 23.6 Å². The lowest BCUT2D eigenvalue weighted by Gasteiger charge is -2.11. The summed E-state index contributed by atoms with van der Waals surface area (Å²) in [4.78, 5) is 12.4. The van der Waals surface area contributed by atoms with Crippen molar-refractivity contribution in [3.8, 4) is 0 Å². The van der Waals surface area contributed by atoms with Gasteiger partial charge in [-0.25, -0.2) is 0 Å². The number of benzene rings is 1. The van der Waals surface area contributed by atoms with E-state index in [9.17, 15) is 4.79 Å². The molecule has 3 N–H and O–H groups in total. The van der Waals surface area contributed by atoms with Gasteiger partial charge in [-0.1, -0.05) is 24.6 Å². The summed E-state index contributed by atoms with van der Waals surface area (Å²) in [6.45, 7) is 4.69. The second-order valence-electron chi connectivity index (χ2n) is 4.72. The Labute approximate surface area is 123 Å². The molecule has 106 valence electrons. The average molecular weight is 292 g/mol. The fourth-order valence-corrected chi connectivity index (χ4v) is 2.25. The van der Waals surface area contributed by atoms with E-state index in [0.29, 0.717) is 22.1 Å². The minimum Gasteiger partial charge on any atom is -0.397 e. The number of nitrogen functional groups attached to an aromatic ring is 1. The Hall–Kier alpha value is -1.94. The van der Waals surface area contributed by atoms with Crippen molar-refractivity contribution in [1.29, 1.82) is 0 Å². The van der Waals surface area contributed by atoms with E-state index in [1.165, 1.54) is 0 Å². The van der Waals surface area contributed by atoms with Crippen molar-refractivity contribution in [2.24, 2.45) is 0 Å². The number of aromatic nitrogens is 1. The molecule has 0 spiro atoms. The lowest BCUT2D eigenvalue weighted by Crippen LogP contribution is -2.17. The summed E-state index contributed by atoms with van der Waals surface area (Å²) in [5.41, 5.74) is 8.49. The van der Waals surface area contributed by atoms with Crippen LogP contribution in [0.3, 0.4) is 0 Å². The van der Waals surface area contributed by atoms with Crippen LogP contribution in [0.25, 0.3) is 0 Å². The molecule has 1 aromatic carbocycles. The summed E-state index contributed by atoms with van der Waals surface area (Å²) < 4.78 is 1.87. The first-order chi connectivity index (χ1) is 9.52. The van der Waals surface area contributed by atoms with E-state index >= 15 is 0 Å². The molecule has 1 heterocycles. The zero-order valence-electron chi connectivity index (χ0n) is 11.6. The van der Waals surface area contributed by atoms with Crippen LogP contribution in [0, 0.1) is 6.92 Å². The summed E-state index contributed by atoms with van der Waals surface area (Å²) in [5.74, 6) is -0.180. The number of anilines is 2. The number of halogens is 1. The fraction of sp³-hybridized carbons (Fsp3) is 0.267. The molecule has 0 atom stereocenters. The van der Waals surface area contributed by atoms with Gasteiger partial charge in [0.15, 0.2) is 0 Å². The van der Waals surface area contributed by atoms with E-state index < -0.39 is 0 Å². The number of carbonyl (C=O) groups excluding carboxylic acids is 1. The molecule has 0 saturated carbocycles. The highest BCUT2D eigenvalue weighted by Crippen LogP contribution is 2.24. The Balaban J connectivity index is 2.26. The second-order valence-corrected chi connectivity index (χ2v) is 5.13. The predicted molar refractivity (Wildman–Crippen MR) is 83.3 cm³/mol. The number of nitrogens with two attached hydrogens (primary N) is 1. The Bertz CT molecular complexity index is 634. The maximum Gasteiger partial charge on any atom is 0.272 e. The van der Waals surface area contributed by atoms with E-state index in [-0.39, 0.29) is 5.91 Å². The van der Waals surface area contributed by atoms with Gasteiger partial charge >= 0.3 is 0 Å². The second kappa shape index (κ2) is 6.01. The third kappa shape index (κ3) is 2.96. The number of amides is 1. The zero-order chi connectivity index (χ0) is 14.7. The number of hydrogen-bond acceptors (Lipinski definition) is 2. The van der Waals surface area contributed by atoms with Crippen LogP contribution in [0.2, 0.25) is 5.02 Å². The van der Waals surface area contributed by atoms with Crippen molar-refractivity contribution < 1.29 is 4.79 Å². The molecule has 0 aliphatic rings. The first-order valence-electron chi connectivity index (χ1n) is 6.55. The molecule has 0 bridgehead atoms. The van der Waals surface area contributed by atoms with Crippen molar-refractivity contribution in [3.05, 3.63) is 46.7 Å². The van der Waals surface area contributed by atoms with Crippen molar-refractivity contribution in [2.45, 2.75) is 26.8 Å². The van der Waals surface area contributed by atoms with Gasteiger partial charge in [0, 0.05) is 23.5 Å². The van der Waals surface area contributed by atoms with Gasteiger partial charge < -0.3 is 15.6 Å². The summed E-state index contributed by atoms with van der Waals surface area (Å²) in [6, 6.07) is 7.12. The normalized spacial score (nSPS) is 10.6. The van der Waals surface area contributed by atoms with Crippen molar-refractivity contribution in [3.63, 3.8) is 0 Å². The van der Waals surface area contributed by atoms with Gasteiger partial charge in [-0.15, -0.1) is 0 Å². The Morgan fingerprint density at radius 3 is 2.90 bits per heavy atom. The summed E-state index contributed by atoms with van der Waals surface area (Å²) in [6.07, 6.45) is 2.72. The number of aryl methyl sites for hydroxylation is 1. The van der Waals surface area contributed by atoms with E-state index in [4.69, 9.17) is 17.3 Å². The molecule has 2 aromatic rings. The van der Waals surface area contributed by atoms with E-state index in [2.05, 4.69) is 12.2 Å². The molecule has 0 aliphatic heterocycles. The topological polar surface area (TPSA) is 60.0 Å². The van der Waals surface area contributed by atoms with Crippen molar-refractivity contribution in [1.82, 2.24) is 4.57 Å². The van der Waals surface area contributed by atoms with Crippen LogP contribution in [0.15, 0.2) is 30.5 Å². The largest absolute Gasteiger partial charge is 0.397 e.